The summed E-state index contributed by atoms with van der Waals surface area (Å²) >= 11 is 11.7. The van der Waals surface area contributed by atoms with Gasteiger partial charge in [-0.1, -0.05) is 23.2 Å². The van der Waals surface area contributed by atoms with E-state index in [1.165, 1.54) is 22.9 Å². The number of benzene rings is 1. The van der Waals surface area contributed by atoms with Crippen molar-refractivity contribution in [3.63, 3.8) is 0 Å². The van der Waals surface area contributed by atoms with Crippen molar-refractivity contribution in [2.45, 2.75) is 44.4 Å². The lowest BCUT2D eigenvalue weighted by Gasteiger charge is -2.40. The maximum absolute atomic E-state index is 14.2. The highest BCUT2D eigenvalue weighted by Gasteiger charge is 2.51. The van der Waals surface area contributed by atoms with Gasteiger partial charge in [0, 0.05) is 35.9 Å². The van der Waals surface area contributed by atoms with Crippen LogP contribution in [0.2, 0.25) is 10.0 Å². The molecule has 0 unspecified atom stereocenters. The van der Waals surface area contributed by atoms with E-state index in [-0.39, 0.29) is 51.4 Å². The lowest BCUT2D eigenvalue weighted by atomic mass is 9.95. The highest BCUT2D eigenvalue weighted by atomic mass is 35.5. The predicted octanol–water partition coefficient (Wildman–Crippen LogP) is 2.94. The normalized spacial score (nSPS) is 23.6. The molecule has 2 aromatic rings. The molecular weight excluding hydrogens is 448 g/mol. The standard InChI is InChI=1S/C21H18Cl2FN3O4/c22-13-3-4-14(23)16(24)11(13)6-25-20(30)12-7-26-8-15-9-1-2-10(5-9)27(15)21(31)17(26)19(29)18(12)28/h3-4,7,9-10,15,29H,1-2,5-6,8H2,(H,25,30)/t9-,10+,15+/m1/s1. The molecule has 3 heterocycles. The number of amides is 2. The third kappa shape index (κ3) is 3.03. The quantitative estimate of drug-likeness (QED) is 0.681. The highest BCUT2D eigenvalue weighted by molar-refractivity contribution is 6.33. The molecule has 1 aliphatic carbocycles. The molecule has 2 amide bonds. The first-order chi connectivity index (χ1) is 14.8. The Morgan fingerprint density at radius 2 is 1.97 bits per heavy atom. The van der Waals surface area contributed by atoms with E-state index in [1.54, 1.807) is 4.90 Å². The summed E-state index contributed by atoms with van der Waals surface area (Å²) in [7, 11) is 0. The highest BCUT2D eigenvalue weighted by Crippen LogP contribution is 2.45. The van der Waals surface area contributed by atoms with E-state index in [2.05, 4.69) is 5.32 Å². The van der Waals surface area contributed by atoms with Gasteiger partial charge in [0.15, 0.2) is 11.4 Å². The summed E-state index contributed by atoms with van der Waals surface area (Å²) in [6.45, 7) is 0.107. The molecule has 2 bridgehead atoms. The lowest BCUT2D eigenvalue weighted by Crippen LogP contribution is -2.52. The van der Waals surface area contributed by atoms with E-state index in [9.17, 15) is 23.9 Å². The molecule has 1 aromatic heterocycles. The molecule has 2 fully saturated rings. The summed E-state index contributed by atoms with van der Waals surface area (Å²) in [6.07, 6.45) is 4.19. The van der Waals surface area contributed by atoms with Crippen molar-refractivity contribution in [1.82, 2.24) is 14.8 Å². The molecule has 0 radical (unpaired) electrons. The first-order valence-electron chi connectivity index (χ1n) is 9.97. The number of halogens is 3. The number of nitrogens with zero attached hydrogens (tertiary/aromatic N) is 2. The van der Waals surface area contributed by atoms with Crippen LogP contribution >= 0.6 is 23.2 Å². The Balaban J connectivity index is 1.45. The number of aromatic hydroxyl groups is 1. The maximum atomic E-state index is 14.2. The Hall–Kier alpha value is -2.58. The SMILES string of the molecule is O=C(NCc1c(Cl)ccc(Cl)c1F)c1cn2c(c(O)c1=O)C(=O)N1[C@H]3CC[C@H](C3)[C@@H]1C2. The molecule has 5 rings (SSSR count). The summed E-state index contributed by atoms with van der Waals surface area (Å²) in [5, 5.41) is 12.9. The average Bonchev–Trinajstić information content (AvgIpc) is 3.35. The summed E-state index contributed by atoms with van der Waals surface area (Å²) < 4.78 is 15.7. The van der Waals surface area contributed by atoms with Gasteiger partial charge in [-0.15, -0.1) is 0 Å². The largest absolute Gasteiger partial charge is 0.503 e. The van der Waals surface area contributed by atoms with Crippen LogP contribution in [0.25, 0.3) is 0 Å². The number of fused-ring (bicyclic) bond motifs is 6. The molecule has 7 nitrogen and oxygen atoms in total. The summed E-state index contributed by atoms with van der Waals surface area (Å²) in [5.41, 5.74) is -1.38. The smallest absolute Gasteiger partial charge is 0.275 e. The van der Waals surface area contributed by atoms with Gasteiger partial charge in [0.25, 0.3) is 11.8 Å². The number of pyridine rings is 1. The Bertz CT molecular complexity index is 1200. The molecule has 2 N–H and O–H groups in total. The molecule has 162 valence electrons. The number of aromatic nitrogens is 1. The van der Waals surface area contributed by atoms with Crippen molar-refractivity contribution in [2.75, 3.05) is 0 Å². The van der Waals surface area contributed by atoms with Crippen LogP contribution < -0.4 is 10.7 Å². The van der Waals surface area contributed by atoms with Crippen molar-refractivity contribution < 1.29 is 19.1 Å². The van der Waals surface area contributed by atoms with E-state index < -0.39 is 22.9 Å². The molecule has 0 spiro atoms. The Morgan fingerprint density at radius 1 is 1.23 bits per heavy atom. The number of piperidine rings is 1. The molecule has 2 aliphatic heterocycles. The number of carbonyl (C=O) groups excluding carboxylic acids is 2. The second kappa shape index (κ2) is 7.24. The van der Waals surface area contributed by atoms with Crippen LogP contribution in [0.4, 0.5) is 4.39 Å². The van der Waals surface area contributed by atoms with Crippen molar-refractivity contribution in [2.24, 2.45) is 5.92 Å². The summed E-state index contributed by atoms with van der Waals surface area (Å²) in [4.78, 5) is 40.1. The number of hydrogen-bond donors (Lipinski definition) is 2. The molecule has 1 saturated carbocycles. The van der Waals surface area contributed by atoms with Gasteiger partial charge in [0.2, 0.25) is 5.43 Å². The van der Waals surface area contributed by atoms with Gasteiger partial charge in [-0.2, -0.15) is 0 Å². The lowest BCUT2D eigenvalue weighted by molar-refractivity contribution is 0.0482. The third-order valence-electron chi connectivity index (χ3n) is 6.63. The first-order valence-corrected chi connectivity index (χ1v) is 10.7. The van der Waals surface area contributed by atoms with Crippen molar-refractivity contribution in [1.29, 1.82) is 0 Å². The summed E-state index contributed by atoms with van der Waals surface area (Å²) in [5.74, 6) is -2.31. The second-order valence-electron chi connectivity index (χ2n) is 8.23. The van der Waals surface area contributed by atoms with Gasteiger partial charge in [-0.05, 0) is 37.3 Å². The van der Waals surface area contributed by atoms with Crippen LogP contribution in [-0.4, -0.2) is 38.5 Å². The Labute approximate surface area is 186 Å². The van der Waals surface area contributed by atoms with Crippen LogP contribution in [0.5, 0.6) is 5.75 Å². The van der Waals surface area contributed by atoms with Crippen LogP contribution in [0, 0.1) is 11.7 Å². The number of carbonyl (C=O) groups is 2. The molecule has 31 heavy (non-hydrogen) atoms. The Morgan fingerprint density at radius 3 is 2.74 bits per heavy atom. The fourth-order valence-corrected chi connectivity index (χ4v) is 5.53. The van der Waals surface area contributed by atoms with Gasteiger partial charge in [0.05, 0.1) is 11.1 Å². The van der Waals surface area contributed by atoms with Gasteiger partial charge in [-0.25, -0.2) is 4.39 Å². The van der Waals surface area contributed by atoms with Crippen LogP contribution in [-0.2, 0) is 13.1 Å². The number of nitrogens with one attached hydrogen (secondary N) is 1. The topological polar surface area (TPSA) is 91.6 Å². The Kier molecular flexibility index (Phi) is 4.75. The minimum absolute atomic E-state index is 0.00377. The molecule has 1 saturated heterocycles. The second-order valence-corrected chi connectivity index (χ2v) is 9.05. The van der Waals surface area contributed by atoms with Gasteiger partial charge in [0.1, 0.15) is 11.4 Å². The van der Waals surface area contributed by atoms with E-state index in [1.807, 2.05) is 0 Å². The van der Waals surface area contributed by atoms with Gasteiger partial charge < -0.3 is 19.9 Å². The fourth-order valence-electron chi connectivity index (χ4n) is 5.14. The average molecular weight is 466 g/mol. The minimum atomic E-state index is -0.947. The number of rotatable bonds is 3. The molecular formula is C21H18Cl2FN3O4. The molecule has 3 atom stereocenters. The van der Waals surface area contributed by atoms with Crippen molar-refractivity contribution in [3.8, 4) is 5.75 Å². The predicted molar refractivity (Wildman–Crippen MR) is 111 cm³/mol. The maximum Gasteiger partial charge on any atom is 0.275 e. The summed E-state index contributed by atoms with van der Waals surface area (Å²) in [6, 6.07) is 2.84. The zero-order valence-corrected chi connectivity index (χ0v) is 17.7. The fraction of sp³-hybridized carbons (Fsp3) is 0.381. The van der Waals surface area contributed by atoms with Gasteiger partial charge >= 0.3 is 0 Å². The van der Waals surface area contributed by atoms with Crippen LogP contribution in [0.15, 0.2) is 23.1 Å². The van der Waals surface area contributed by atoms with Crippen molar-refractivity contribution in [3.05, 3.63) is 61.2 Å². The van der Waals surface area contributed by atoms with E-state index in [0.717, 1.165) is 19.3 Å². The van der Waals surface area contributed by atoms with E-state index in [4.69, 9.17) is 23.2 Å². The molecule has 1 aromatic carbocycles. The van der Waals surface area contributed by atoms with E-state index >= 15 is 0 Å². The van der Waals surface area contributed by atoms with Crippen LogP contribution in [0.3, 0.4) is 0 Å². The van der Waals surface area contributed by atoms with E-state index in [0.29, 0.717) is 12.5 Å². The third-order valence-corrected chi connectivity index (χ3v) is 7.27. The first kappa shape index (κ1) is 20.3. The van der Waals surface area contributed by atoms with Gasteiger partial charge in [-0.3, -0.25) is 14.4 Å². The minimum Gasteiger partial charge on any atom is -0.503 e. The molecule has 10 heteroatoms. The monoisotopic (exact) mass is 465 g/mol. The molecule has 3 aliphatic rings. The zero-order valence-electron chi connectivity index (χ0n) is 16.2. The van der Waals surface area contributed by atoms with Crippen molar-refractivity contribution >= 4 is 35.0 Å². The van der Waals surface area contributed by atoms with Crippen LogP contribution in [0.1, 0.15) is 45.7 Å². The zero-order chi connectivity index (χ0) is 22.0. The number of hydrogen-bond acceptors (Lipinski definition) is 4.